The molecule has 1 atom stereocenters. The Morgan fingerprint density at radius 3 is 2.21 bits per heavy atom. The summed E-state index contributed by atoms with van der Waals surface area (Å²) < 4.78 is 11.1. The van der Waals surface area contributed by atoms with E-state index in [-0.39, 0.29) is 5.91 Å². The molecule has 0 aliphatic carbocycles. The monoisotopic (exact) mass is 327 g/mol. The summed E-state index contributed by atoms with van der Waals surface area (Å²) in [6, 6.07) is 15.2. The molecule has 2 aromatic rings. The van der Waals surface area contributed by atoms with Gasteiger partial charge in [0.25, 0.3) is 5.91 Å². The average molecular weight is 327 g/mol. The Bertz CT molecular complexity index is 665. The molecule has 0 saturated heterocycles. The first-order valence-electron chi connectivity index (χ1n) is 8.25. The van der Waals surface area contributed by atoms with Gasteiger partial charge in [-0.05, 0) is 42.2 Å². The summed E-state index contributed by atoms with van der Waals surface area (Å²) in [5.74, 6) is 1.48. The van der Waals surface area contributed by atoms with Crippen LogP contribution in [0.1, 0.15) is 38.7 Å². The number of methoxy groups -OCH3 is 1. The van der Waals surface area contributed by atoms with Crippen molar-refractivity contribution in [2.75, 3.05) is 12.4 Å². The van der Waals surface area contributed by atoms with Crippen LogP contribution < -0.4 is 14.8 Å². The lowest BCUT2D eigenvalue weighted by Crippen LogP contribution is -2.32. The quantitative estimate of drug-likeness (QED) is 0.807. The van der Waals surface area contributed by atoms with E-state index in [1.165, 1.54) is 5.56 Å². The minimum atomic E-state index is -0.578. The number of carbonyl (C=O) groups excluding carboxylic acids is 1. The van der Waals surface area contributed by atoms with E-state index in [0.29, 0.717) is 23.8 Å². The summed E-state index contributed by atoms with van der Waals surface area (Å²) in [6.45, 7) is 6.20. The minimum Gasteiger partial charge on any atom is -0.493 e. The molecular weight excluding hydrogens is 302 g/mol. The molecule has 0 aliphatic rings. The van der Waals surface area contributed by atoms with Crippen LogP contribution in [0.4, 0.5) is 5.69 Å². The van der Waals surface area contributed by atoms with Gasteiger partial charge in [-0.15, -0.1) is 0 Å². The summed E-state index contributed by atoms with van der Waals surface area (Å²) in [6.07, 6.45) is -0.0143. The third-order valence-electron chi connectivity index (χ3n) is 3.85. The Labute approximate surface area is 143 Å². The number of hydrogen-bond acceptors (Lipinski definition) is 3. The molecule has 0 bridgehead atoms. The molecule has 1 amide bonds. The lowest BCUT2D eigenvalue weighted by atomic mass is 10.0. The summed E-state index contributed by atoms with van der Waals surface area (Å²) >= 11 is 0. The Balaban J connectivity index is 2.05. The van der Waals surface area contributed by atoms with Gasteiger partial charge in [0.2, 0.25) is 0 Å². The molecule has 0 aliphatic heterocycles. The van der Waals surface area contributed by atoms with Gasteiger partial charge >= 0.3 is 0 Å². The predicted molar refractivity (Wildman–Crippen MR) is 96.9 cm³/mol. The highest BCUT2D eigenvalue weighted by Crippen LogP contribution is 2.27. The topological polar surface area (TPSA) is 47.6 Å². The van der Waals surface area contributed by atoms with E-state index in [0.717, 1.165) is 5.69 Å². The first-order valence-corrected chi connectivity index (χ1v) is 8.25. The fraction of sp³-hybridized carbons (Fsp3) is 0.350. The second kappa shape index (κ2) is 8.39. The van der Waals surface area contributed by atoms with Crippen LogP contribution in [0.25, 0.3) is 0 Å². The summed E-state index contributed by atoms with van der Waals surface area (Å²) in [7, 11) is 1.58. The van der Waals surface area contributed by atoms with Crippen molar-refractivity contribution in [3.63, 3.8) is 0 Å². The van der Waals surface area contributed by atoms with Crippen molar-refractivity contribution in [3.05, 3.63) is 54.1 Å². The first kappa shape index (κ1) is 17.9. The molecule has 0 radical (unpaired) electrons. The zero-order valence-corrected chi connectivity index (χ0v) is 14.7. The van der Waals surface area contributed by atoms with E-state index < -0.39 is 6.10 Å². The van der Waals surface area contributed by atoms with Crippen LogP contribution in [0.15, 0.2) is 48.5 Å². The number of amides is 1. The van der Waals surface area contributed by atoms with Crippen molar-refractivity contribution >= 4 is 11.6 Å². The van der Waals surface area contributed by atoms with Gasteiger partial charge in [-0.3, -0.25) is 4.79 Å². The maximum Gasteiger partial charge on any atom is 0.265 e. The Morgan fingerprint density at radius 1 is 1.04 bits per heavy atom. The molecule has 0 aromatic heterocycles. The van der Waals surface area contributed by atoms with E-state index in [9.17, 15) is 4.79 Å². The third-order valence-corrected chi connectivity index (χ3v) is 3.85. The molecule has 128 valence electrons. The van der Waals surface area contributed by atoms with Crippen molar-refractivity contribution < 1.29 is 14.3 Å². The second-order valence-electron chi connectivity index (χ2n) is 5.93. The van der Waals surface area contributed by atoms with Crippen LogP contribution in [-0.4, -0.2) is 19.1 Å². The molecule has 0 spiro atoms. The van der Waals surface area contributed by atoms with Crippen LogP contribution in [-0.2, 0) is 4.79 Å². The van der Waals surface area contributed by atoms with Gasteiger partial charge < -0.3 is 14.8 Å². The average Bonchev–Trinajstić information content (AvgIpc) is 2.60. The Morgan fingerprint density at radius 2 is 1.67 bits per heavy atom. The lowest BCUT2D eigenvalue weighted by Gasteiger charge is -2.19. The number of ether oxygens (including phenoxy) is 2. The molecule has 4 nitrogen and oxygen atoms in total. The molecule has 0 fully saturated rings. The predicted octanol–water partition coefficient (Wildman–Crippen LogP) is 4.61. The van der Waals surface area contributed by atoms with E-state index >= 15 is 0 Å². The number of nitrogens with one attached hydrogen (secondary N) is 1. The third kappa shape index (κ3) is 4.51. The number of carbonyl (C=O) groups is 1. The van der Waals surface area contributed by atoms with Gasteiger partial charge in [-0.1, -0.05) is 45.0 Å². The zero-order chi connectivity index (χ0) is 17.5. The van der Waals surface area contributed by atoms with Gasteiger partial charge in [0.1, 0.15) is 0 Å². The SMILES string of the molecule is CCC(Oc1ccccc1OC)C(=O)Nc1ccc(C(C)C)cc1. The van der Waals surface area contributed by atoms with E-state index in [1.807, 2.05) is 49.4 Å². The standard InChI is InChI=1S/C20H25NO3/c1-5-17(24-19-9-7-6-8-18(19)23-4)20(22)21-16-12-10-15(11-13-16)14(2)3/h6-14,17H,5H2,1-4H3,(H,21,22). The molecular formula is C20H25NO3. The number of rotatable bonds is 7. The summed E-state index contributed by atoms with van der Waals surface area (Å²) in [5, 5.41) is 2.91. The van der Waals surface area contributed by atoms with Crippen LogP contribution in [0.2, 0.25) is 0 Å². The van der Waals surface area contributed by atoms with Gasteiger partial charge in [0, 0.05) is 5.69 Å². The fourth-order valence-corrected chi connectivity index (χ4v) is 2.37. The fourth-order valence-electron chi connectivity index (χ4n) is 2.37. The lowest BCUT2D eigenvalue weighted by molar-refractivity contribution is -0.122. The van der Waals surface area contributed by atoms with Crippen LogP contribution >= 0.6 is 0 Å². The molecule has 0 saturated carbocycles. The zero-order valence-electron chi connectivity index (χ0n) is 14.7. The van der Waals surface area contributed by atoms with Gasteiger partial charge in [-0.25, -0.2) is 0 Å². The Kier molecular flexibility index (Phi) is 6.24. The maximum atomic E-state index is 12.5. The molecule has 1 N–H and O–H groups in total. The van der Waals surface area contributed by atoms with Crippen molar-refractivity contribution in [1.29, 1.82) is 0 Å². The summed E-state index contributed by atoms with van der Waals surface area (Å²) in [5.41, 5.74) is 2.01. The highest BCUT2D eigenvalue weighted by Gasteiger charge is 2.20. The van der Waals surface area contributed by atoms with Crippen molar-refractivity contribution in [2.24, 2.45) is 0 Å². The first-order chi connectivity index (χ1) is 11.5. The molecule has 4 heteroatoms. The highest BCUT2D eigenvalue weighted by molar-refractivity contribution is 5.94. The molecule has 1 unspecified atom stereocenters. The number of para-hydroxylation sites is 2. The number of hydrogen-bond donors (Lipinski definition) is 1. The molecule has 2 aromatic carbocycles. The number of anilines is 1. The van der Waals surface area contributed by atoms with Gasteiger partial charge in [-0.2, -0.15) is 0 Å². The number of benzene rings is 2. The van der Waals surface area contributed by atoms with E-state index in [4.69, 9.17) is 9.47 Å². The van der Waals surface area contributed by atoms with E-state index in [1.54, 1.807) is 13.2 Å². The maximum absolute atomic E-state index is 12.5. The van der Waals surface area contributed by atoms with Crippen molar-refractivity contribution in [1.82, 2.24) is 0 Å². The van der Waals surface area contributed by atoms with Crippen LogP contribution in [0.5, 0.6) is 11.5 Å². The summed E-state index contributed by atoms with van der Waals surface area (Å²) in [4.78, 5) is 12.5. The van der Waals surface area contributed by atoms with Gasteiger partial charge in [0.05, 0.1) is 7.11 Å². The Hall–Kier alpha value is -2.49. The molecule has 24 heavy (non-hydrogen) atoms. The minimum absolute atomic E-state index is 0.166. The molecule has 0 heterocycles. The van der Waals surface area contributed by atoms with Crippen molar-refractivity contribution in [3.8, 4) is 11.5 Å². The van der Waals surface area contributed by atoms with Gasteiger partial charge in [0.15, 0.2) is 17.6 Å². The van der Waals surface area contributed by atoms with Crippen LogP contribution in [0.3, 0.4) is 0 Å². The van der Waals surface area contributed by atoms with E-state index in [2.05, 4.69) is 19.2 Å². The second-order valence-corrected chi connectivity index (χ2v) is 5.93. The smallest absolute Gasteiger partial charge is 0.265 e. The highest BCUT2D eigenvalue weighted by atomic mass is 16.5. The normalized spacial score (nSPS) is 11.9. The largest absolute Gasteiger partial charge is 0.493 e. The van der Waals surface area contributed by atoms with Crippen molar-refractivity contribution in [2.45, 2.75) is 39.2 Å². The molecule has 2 rings (SSSR count). The van der Waals surface area contributed by atoms with Crippen LogP contribution in [0, 0.1) is 0 Å².